The number of nitrogens with zero attached hydrogens (tertiary/aromatic N) is 3. The van der Waals surface area contributed by atoms with Crippen molar-refractivity contribution in [1.29, 1.82) is 0 Å². The van der Waals surface area contributed by atoms with Crippen molar-refractivity contribution in [2.24, 2.45) is 0 Å². The maximum atomic E-state index is 5.76. The highest BCUT2D eigenvalue weighted by atomic mass is 15.0. The standard InChI is InChI=1S/C13H16N4/c1-13(2,3)11-8-10(16-12(14)17-11)9-4-6-15-7-5-9/h4-8H,1-3H3,(H2,14,16,17). The molecule has 0 spiro atoms. The van der Waals surface area contributed by atoms with Gasteiger partial charge >= 0.3 is 0 Å². The molecule has 0 atom stereocenters. The lowest BCUT2D eigenvalue weighted by Gasteiger charge is -2.18. The Hall–Kier alpha value is -1.97. The summed E-state index contributed by atoms with van der Waals surface area (Å²) in [6.07, 6.45) is 3.48. The van der Waals surface area contributed by atoms with E-state index in [1.807, 2.05) is 18.2 Å². The Labute approximate surface area is 101 Å². The molecule has 4 heteroatoms. The summed E-state index contributed by atoms with van der Waals surface area (Å²) < 4.78 is 0. The van der Waals surface area contributed by atoms with Crippen LogP contribution >= 0.6 is 0 Å². The number of rotatable bonds is 1. The molecule has 2 N–H and O–H groups in total. The first-order valence-electron chi connectivity index (χ1n) is 5.52. The van der Waals surface area contributed by atoms with Gasteiger partial charge in [0.05, 0.1) is 11.4 Å². The van der Waals surface area contributed by atoms with Gasteiger partial charge in [0.1, 0.15) is 0 Å². The Morgan fingerprint density at radius 2 is 1.71 bits per heavy atom. The zero-order chi connectivity index (χ0) is 12.5. The third-order valence-corrected chi connectivity index (χ3v) is 2.49. The number of pyridine rings is 1. The Morgan fingerprint density at radius 1 is 1.06 bits per heavy atom. The molecule has 0 aromatic carbocycles. The molecular weight excluding hydrogens is 212 g/mol. The number of hydrogen-bond donors (Lipinski definition) is 1. The van der Waals surface area contributed by atoms with Crippen LogP contribution in [0.5, 0.6) is 0 Å². The topological polar surface area (TPSA) is 64.7 Å². The summed E-state index contributed by atoms with van der Waals surface area (Å²) in [5.74, 6) is 0.309. The minimum Gasteiger partial charge on any atom is -0.368 e. The van der Waals surface area contributed by atoms with Crippen LogP contribution in [0.1, 0.15) is 26.5 Å². The van der Waals surface area contributed by atoms with Crippen LogP contribution in [0.3, 0.4) is 0 Å². The van der Waals surface area contributed by atoms with Crippen LogP contribution in [-0.4, -0.2) is 15.0 Å². The van der Waals surface area contributed by atoms with E-state index < -0.39 is 0 Å². The van der Waals surface area contributed by atoms with E-state index in [1.54, 1.807) is 12.4 Å². The highest BCUT2D eigenvalue weighted by Crippen LogP contribution is 2.25. The molecule has 0 fully saturated rings. The lowest BCUT2D eigenvalue weighted by atomic mass is 9.91. The number of nitrogens with two attached hydrogens (primary N) is 1. The minimum absolute atomic E-state index is 0.0428. The molecule has 0 aliphatic carbocycles. The largest absolute Gasteiger partial charge is 0.368 e. The van der Waals surface area contributed by atoms with Crippen LogP contribution in [0.2, 0.25) is 0 Å². The van der Waals surface area contributed by atoms with Gasteiger partial charge in [0.2, 0.25) is 5.95 Å². The molecule has 2 heterocycles. The number of anilines is 1. The van der Waals surface area contributed by atoms with E-state index in [-0.39, 0.29) is 5.41 Å². The van der Waals surface area contributed by atoms with Crippen molar-refractivity contribution < 1.29 is 0 Å². The normalized spacial score (nSPS) is 11.5. The van der Waals surface area contributed by atoms with E-state index in [2.05, 4.69) is 35.7 Å². The maximum absolute atomic E-state index is 5.76. The van der Waals surface area contributed by atoms with Crippen molar-refractivity contribution in [2.75, 3.05) is 5.73 Å². The molecule has 2 aromatic heterocycles. The number of hydrogen-bond acceptors (Lipinski definition) is 4. The van der Waals surface area contributed by atoms with Gasteiger partial charge in [-0.2, -0.15) is 0 Å². The van der Waals surface area contributed by atoms with E-state index in [1.165, 1.54) is 0 Å². The lowest BCUT2D eigenvalue weighted by Crippen LogP contribution is -2.15. The Balaban J connectivity index is 2.54. The summed E-state index contributed by atoms with van der Waals surface area (Å²) in [6.45, 7) is 6.31. The molecule has 2 rings (SSSR count). The highest BCUT2D eigenvalue weighted by Gasteiger charge is 2.17. The summed E-state index contributed by atoms with van der Waals surface area (Å²) in [4.78, 5) is 12.5. The van der Waals surface area contributed by atoms with Gasteiger partial charge in [-0.1, -0.05) is 20.8 Å². The van der Waals surface area contributed by atoms with Gasteiger partial charge in [0, 0.05) is 23.4 Å². The van der Waals surface area contributed by atoms with Crippen LogP contribution in [0.25, 0.3) is 11.3 Å². The zero-order valence-electron chi connectivity index (χ0n) is 10.3. The van der Waals surface area contributed by atoms with Crippen LogP contribution in [0.15, 0.2) is 30.6 Å². The van der Waals surface area contributed by atoms with Gasteiger partial charge < -0.3 is 5.73 Å². The number of aromatic nitrogens is 3. The molecule has 0 saturated heterocycles. The molecule has 0 saturated carbocycles. The predicted molar refractivity (Wildman–Crippen MR) is 68.4 cm³/mol. The zero-order valence-corrected chi connectivity index (χ0v) is 10.3. The summed E-state index contributed by atoms with van der Waals surface area (Å²) in [5, 5.41) is 0. The fourth-order valence-electron chi connectivity index (χ4n) is 1.52. The first-order valence-corrected chi connectivity index (χ1v) is 5.52. The predicted octanol–water partition coefficient (Wildman–Crippen LogP) is 2.42. The van der Waals surface area contributed by atoms with Crippen molar-refractivity contribution in [1.82, 2.24) is 15.0 Å². The van der Waals surface area contributed by atoms with E-state index >= 15 is 0 Å². The molecular formula is C13H16N4. The summed E-state index contributed by atoms with van der Waals surface area (Å²) in [6, 6.07) is 5.80. The Morgan fingerprint density at radius 3 is 2.29 bits per heavy atom. The second-order valence-electron chi connectivity index (χ2n) is 4.98. The number of nitrogen functional groups attached to an aromatic ring is 1. The van der Waals surface area contributed by atoms with E-state index in [9.17, 15) is 0 Å². The molecule has 2 aromatic rings. The molecule has 0 aliphatic rings. The fourth-order valence-corrected chi connectivity index (χ4v) is 1.52. The van der Waals surface area contributed by atoms with Crippen molar-refractivity contribution in [2.45, 2.75) is 26.2 Å². The Kier molecular flexibility index (Phi) is 2.79. The molecule has 0 radical (unpaired) electrons. The minimum atomic E-state index is -0.0428. The average molecular weight is 228 g/mol. The first kappa shape index (κ1) is 11.5. The lowest BCUT2D eigenvalue weighted by molar-refractivity contribution is 0.568. The van der Waals surface area contributed by atoms with Crippen LogP contribution < -0.4 is 5.73 Å². The SMILES string of the molecule is CC(C)(C)c1cc(-c2ccncc2)nc(N)n1. The van der Waals surface area contributed by atoms with Gasteiger partial charge in [-0.05, 0) is 18.2 Å². The summed E-state index contributed by atoms with van der Waals surface area (Å²) >= 11 is 0. The smallest absolute Gasteiger partial charge is 0.220 e. The third kappa shape index (κ3) is 2.58. The summed E-state index contributed by atoms with van der Waals surface area (Å²) in [5.41, 5.74) is 8.49. The molecule has 0 unspecified atom stereocenters. The molecule has 0 aliphatic heterocycles. The van der Waals surface area contributed by atoms with Gasteiger partial charge in [0.25, 0.3) is 0 Å². The maximum Gasteiger partial charge on any atom is 0.220 e. The van der Waals surface area contributed by atoms with Crippen molar-refractivity contribution in [3.63, 3.8) is 0 Å². The second kappa shape index (κ2) is 4.13. The van der Waals surface area contributed by atoms with Crippen LogP contribution in [-0.2, 0) is 5.41 Å². The van der Waals surface area contributed by atoms with Crippen molar-refractivity contribution >= 4 is 5.95 Å². The van der Waals surface area contributed by atoms with Gasteiger partial charge in [-0.25, -0.2) is 9.97 Å². The molecule has 0 amide bonds. The van der Waals surface area contributed by atoms with Crippen LogP contribution in [0, 0.1) is 0 Å². The highest BCUT2D eigenvalue weighted by molar-refractivity contribution is 5.60. The molecule has 0 bridgehead atoms. The Bertz CT molecular complexity index is 515. The van der Waals surface area contributed by atoms with Gasteiger partial charge in [-0.3, -0.25) is 4.98 Å². The monoisotopic (exact) mass is 228 g/mol. The molecule has 17 heavy (non-hydrogen) atoms. The quantitative estimate of drug-likeness (QED) is 0.814. The third-order valence-electron chi connectivity index (χ3n) is 2.49. The van der Waals surface area contributed by atoms with Gasteiger partial charge in [-0.15, -0.1) is 0 Å². The fraction of sp³-hybridized carbons (Fsp3) is 0.308. The van der Waals surface area contributed by atoms with Crippen molar-refractivity contribution in [3.05, 3.63) is 36.3 Å². The second-order valence-corrected chi connectivity index (χ2v) is 4.98. The molecule has 4 nitrogen and oxygen atoms in total. The van der Waals surface area contributed by atoms with E-state index in [0.717, 1.165) is 17.0 Å². The van der Waals surface area contributed by atoms with Crippen molar-refractivity contribution in [3.8, 4) is 11.3 Å². The molecule has 88 valence electrons. The van der Waals surface area contributed by atoms with Crippen LogP contribution in [0.4, 0.5) is 5.95 Å². The first-order chi connectivity index (χ1) is 7.97. The van der Waals surface area contributed by atoms with E-state index in [4.69, 9.17) is 5.73 Å². The average Bonchev–Trinajstić information content (AvgIpc) is 2.28. The summed E-state index contributed by atoms with van der Waals surface area (Å²) in [7, 11) is 0. The van der Waals surface area contributed by atoms with E-state index in [0.29, 0.717) is 5.95 Å². The van der Waals surface area contributed by atoms with Gasteiger partial charge in [0.15, 0.2) is 0 Å².